The molecule has 2 aromatic carbocycles. The van der Waals surface area contributed by atoms with Crippen molar-refractivity contribution in [1.82, 2.24) is 10.4 Å². The van der Waals surface area contributed by atoms with E-state index in [4.69, 9.17) is 0 Å². The van der Waals surface area contributed by atoms with E-state index in [0.717, 1.165) is 22.7 Å². The Hall–Kier alpha value is -4.08. The van der Waals surface area contributed by atoms with Crippen molar-refractivity contribution in [3.63, 3.8) is 0 Å². The number of ether oxygens (including phenoxy) is 1. The maximum Gasteiger partial charge on any atom is 0.573 e. The minimum atomic E-state index is -4.82. The third kappa shape index (κ3) is 5.75. The number of pyridine rings is 1. The maximum atomic E-state index is 12.4. The third-order valence-electron chi connectivity index (χ3n) is 4.35. The van der Waals surface area contributed by atoms with Crippen molar-refractivity contribution >= 4 is 23.6 Å². The van der Waals surface area contributed by atoms with E-state index in [0.29, 0.717) is 17.7 Å². The van der Waals surface area contributed by atoms with Gasteiger partial charge in [-0.25, -0.2) is 10.0 Å². The second-order valence-corrected chi connectivity index (χ2v) is 6.76. The summed E-state index contributed by atoms with van der Waals surface area (Å²) in [6, 6.07) is 15.1. The molecule has 0 aliphatic heterocycles. The van der Waals surface area contributed by atoms with E-state index in [1.54, 1.807) is 31.2 Å². The molecule has 0 aliphatic carbocycles. The molecule has 7 nitrogen and oxygen atoms in total. The minimum Gasteiger partial charge on any atom is -0.406 e. The number of carbonyl (C=O) groups excluding carboxylic acids is 1. The molecular formula is C22H19F3N4O3. The van der Waals surface area contributed by atoms with Crippen molar-refractivity contribution in [2.75, 3.05) is 5.01 Å². The molecule has 0 unspecified atom stereocenters. The van der Waals surface area contributed by atoms with Gasteiger partial charge in [-0.05, 0) is 55.8 Å². The lowest BCUT2D eigenvalue weighted by atomic mass is 10.1. The second kappa shape index (κ2) is 9.38. The van der Waals surface area contributed by atoms with Gasteiger partial charge >= 0.3 is 6.36 Å². The Morgan fingerprint density at radius 2 is 1.75 bits per heavy atom. The number of aliphatic imine (C=N–C) groups is 1. The Balaban J connectivity index is 1.98. The number of hydrazine groups is 1. The standard InChI is InChI=1S/C22H19F3N4O3/c1-14-5-3-4-6-18(14)20(27-19-12-7-15(2)26-21(19)31)28-29(13-30)16-8-10-17(11-9-16)32-22(23,24)25/h3-13H,1-2H3,(H,26,31)(H,27,28). The molecule has 10 heteroatoms. The Kier molecular flexibility index (Phi) is 6.62. The smallest absolute Gasteiger partial charge is 0.406 e. The quantitative estimate of drug-likeness (QED) is 0.259. The van der Waals surface area contributed by atoms with Crippen LogP contribution in [-0.2, 0) is 4.79 Å². The number of amidine groups is 1. The number of H-pyrrole nitrogens is 1. The highest BCUT2D eigenvalue weighted by atomic mass is 19.4. The van der Waals surface area contributed by atoms with Gasteiger partial charge in [-0.15, -0.1) is 13.2 Å². The fourth-order valence-electron chi connectivity index (χ4n) is 2.83. The first-order valence-electron chi connectivity index (χ1n) is 9.38. The van der Waals surface area contributed by atoms with Crippen LogP contribution >= 0.6 is 0 Å². The van der Waals surface area contributed by atoms with Crippen molar-refractivity contribution in [3.8, 4) is 5.75 Å². The Morgan fingerprint density at radius 1 is 1.06 bits per heavy atom. The number of anilines is 1. The largest absolute Gasteiger partial charge is 0.573 e. The number of benzene rings is 2. The molecule has 2 N–H and O–H groups in total. The summed E-state index contributed by atoms with van der Waals surface area (Å²) >= 11 is 0. The van der Waals surface area contributed by atoms with E-state index in [-0.39, 0.29) is 17.2 Å². The van der Waals surface area contributed by atoms with Crippen LogP contribution in [0.1, 0.15) is 16.8 Å². The third-order valence-corrected chi connectivity index (χ3v) is 4.35. The number of rotatable bonds is 6. The van der Waals surface area contributed by atoms with Gasteiger partial charge in [0.05, 0.1) is 5.69 Å². The summed E-state index contributed by atoms with van der Waals surface area (Å²) in [4.78, 5) is 31.1. The molecule has 0 fully saturated rings. The monoisotopic (exact) mass is 444 g/mol. The Labute approximate surface area is 181 Å². The molecule has 3 aromatic rings. The Bertz CT molecular complexity index is 1190. The number of amides is 1. The zero-order valence-corrected chi connectivity index (χ0v) is 17.1. The van der Waals surface area contributed by atoms with Crippen molar-refractivity contribution in [1.29, 1.82) is 0 Å². The van der Waals surface area contributed by atoms with E-state index in [1.807, 2.05) is 19.1 Å². The predicted octanol–water partition coefficient (Wildman–Crippen LogP) is 4.14. The maximum absolute atomic E-state index is 12.4. The van der Waals surface area contributed by atoms with E-state index >= 15 is 0 Å². The molecule has 166 valence electrons. The first kappa shape index (κ1) is 22.6. The molecule has 1 heterocycles. The number of carbonyl (C=O) groups is 1. The average molecular weight is 444 g/mol. The van der Waals surface area contributed by atoms with Crippen LogP contribution in [0.5, 0.6) is 5.75 Å². The highest BCUT2D eigenvalue weighted by Crippen LogP contribution is 2.25. The van der Waals surface area contributed by atoms with Crippen LogP contribution < -0.4 is 20.7 Å². The van der Waals surface area contributed by atoms with Gasteiger partial charge in [-0.2, -0.15) is 0 Å². The number of aromatic nitrogens is 1. The van der Waals surface area contributed by atoms with E-state index in [2.05, 4.69) is 20.1 Å². The number of hydrogen-bond acceptors (Lipinski definition) is 4. The molecule has 0 spiro atoms. The highest BCUT2D eigenvalue weighted by molar-refractivity contribution is 6.03. The van der Waals surface area contributed by atoms with E-state index in [1.165, 1.54) is 12.1 Å². The highest BCUT2D eigenvalue weighted by Gasteiger charge is 2.31. The van der Waals surface area contributed by atoms with Gasteiger partial charge in [-0.3, -0.25) is 15.0 Å². The molecule has 1 amide bonds. The van der Waals surface area contributed by atoms with Crippen LogP contribution in [0.2, 0.25) is 0 Å². The van der Waals surface area contributed by atoms with Crippen molar-refractivity contribution in [2.24, 2.45) is 4.99 Å². The van der Waals surface area contributed by atoms with E-state index < -0.39 is 17.7 Å². The number of aryl methyl sites for hydroxylation is 2. The summed E-state index contributed by atoms with van der Waals surface area (Å²) in [6.45, 7) is 3.57. The topological polar surface area (TPSA) is 86.8 Å². The molecule has 0 saturated heterocycles. The summed E-state index contributed by atoms with van der Waals surface area (Å²) in [5, 5.41) is 1.03. The SMILES string of the molecule is Cc1ccc(N=C(NN(C=O)c2ccc(OC(F)(F)F)cc2)c2ccccc2C)c(=O)[nH]1. The summed E-state index contributed by atoms with van der Waals surface area (Å²) in [5.41, 5.74) is 4.87. The zero-order valence-electron chi connectivity index (χ0n) is 17.1. The number of nitrogens with zero attached hydrogens (tertiary/aromatic N) is 2. The van der Waals surface area contributed by atoms with Gasteiger partial charge < -0.3 is 9.72 Å². The first-order valence-corrected chi connectivity index (χ1v) is 9.38. The summed E-state index contributed by atoms with van der Waals surface area (Å²) in [7, 11) is 0. The molecule has 0 bridgehead atoms. The lowest BCUT2D eigenvalue weighted by Crippen LogP contribution is -2.42. The average Bonchev–Trinajstić information content (AvgIpc) is 2.73. The lowest BCUT2D eigenvalue weighted by molar-refractivity contribution is -0.274. The zero-order chi connectivity index (χ0) is 23.3. The normalized spacial score (nSPS) is 11.7. The van der Waals surface area contributed by atoms with Crippen molar-refractivity contribution in [2.45, 2.75) is 20.2 Å². The van der Waals surface area contributed by atoms with E-state index in [9.17, 15) is 22.8 Å². The van der Waals surface area contributed by atoms with Gasteiger partial charge in [0.2, 0.25) is 6.41 Å². The van der Waals surface area contributed by atoms with Crippen LogP contribution in [0, 0.1) is 13.8 Å². The predicted molar refractivity (Wildman–Crippen MR) is 114 cm³/mol. The molecule has 0 radical (unpaired) electrons. The fraction of sp³-hybridized carbons (Fsp3) is 0.136. The molecule has 0 saturated carbocycles. The summed E-state index contributed by atoms with van der Waals surface area (Å²) < 4.78 is 41.0. The van der Waals surface area contributed by atoms with Gasteiger partial charge in [0.25, 0.3) is 5.56 Å². The number of nitrogens with one attached hydrogen (secondary N) is 2. The van der Waals surface area contributed by atoms with Gasteiger partial charge in [0.1, 0.15) is 11.4 Å². The molecule has 1 aromatic heterocycles. The van der Waals surface area contributed by atoms with Crippen LogP contribution in [0.3, 0.4) is 0 Å². The van der Waals surface area contributed by atoms with Gasteiger partial charge in [-0.1, -0.05) is 24.3 Å². The minimum absolute atomic E-state index is 0.112. The van der Waals surface area contributed by atoms with Crippen LogP contribution in [0.4, 0.5) is 24.5 Å². The number of hydrogen-bond donors (Lipinski definition) is 2. The molecule has 0 aliphatic rings. The number of halogens is 3. The molecule has 32 heavy (non-hydrogen) atoms. The molecule has 0 atom stereocenters. The van der Waals surface area contributed by atoms with Crippen molar-refractivity contribution in [3.05, 3.63) is 87.8 Å². The fourth-order valence-corrected chi connectivity index (χ4v) is 2.83. The Morgan fingerprint density at radius 3 is 2.34 bits per heavy atom. The van der Waals surface area contributed by atoms with Gasteiger partial charge in [0.15, 0.2) is 5.84 Å². The van der Waals surface area contributed by atoms with Crippen LogP contribution in [0.25, 0.3) is 0 Å². The summed E-state index contributed by atoms with van der Waals surface area (Å²) in [6.07, 6.45) is -4.39. The number of aromatic amines is 1. The first-order chi connectivity index (χ1) is 15.2. The second-order valence-electron chi connectivity index (χ2n) is 6.76. The molecule has 3 rings (SSSR count). The van der Waals surface area contributed by atoms with Crippen LogP contribution in [-0.4, -0.2) is 23.6 Å². The lowest BCUT2D eigenvalue weighted by Gasteiger charge is -2.22. The number of alkyl halides is 3. The molecular weight excluding hydrogens is 425 g/mol. The van der Waals surface area contributed by atoms with Crippen LogP contribution in [0.15, 0.2) is 70.5 Å². The summed E-state index contributed by atoms with van der Waals surface area (Å²) in [5.74, 6) is -0.230. The van der Waals surface area contributed by atoms with Gasteiger partial charge in [0, 0.05) is 11.3 Å². The van der Waals surface area contributed by atoms with Crippen molar-refractivity contribution < 1.29 is 22.7 Å².